The Balaban J connectivity index is 1.41. The molecule has 10 heteroatoms. The number of hydrogen-bond donors (Lipinski definition) is 2. The Hall–Kier alpha value is -2.98. The zero-order valence-corrected chi connectivity index (χ0v) is 16.2. The molecule has 0 saturated carbocycles. The summed E-state index contributed by atoms with van der Waals surface area (Å²) >= 11 is 2.90. The largest absolute Gasteiger partial charge is 0.334 e. The molecule has 0 fully saturated rings. The molecule has 0 saturated heterocycles. The molecule has 0 atom stereocenters. The highest BCUT2D eigenvalue weighted by atomic mass is 32.1. The van der Waals surface area contributed by atoms with Gasteiger partial charge in [-0.05, 0) is 29.1 Å². The molecule has 0 bridgehead atoms. The number of anilines is 1. The van der Waals surface area contributed by atoms with Crippen molar-refractivity contribution in [2.75, 3.05) is 5.32 Å². The summed E-state index contributed by atoms with van der Waals surface area (Å²) in [6.45, 7) is 0.335. The first-order valence-corrected chi connectivity index (χ1v) is 9.79. The second-order valence-corrected chi connectivity index (χ2v) is 7.85. The van der Waals surface area contributed by atoms with Crippen LogP contribution in [-0.4, -0.2) is 25.4 Å². The molecule has 4 rings (SSSR count). The molecular weight excluding hydrogens is 384 g/mol. The van der Waals surface area contributed by atoms with Crippen LogP contribution in [0.2, 0.25) is 0 Å². The minimum absolute atomic E-state index is 0.0781. The first-order chi connectivity index (χ1) is 13.0. The Morgan fingerprint density at radius 3 is 2.74 bits per heavy atom. The monoisotopic (exact) mass is 400 g/mol. The molecule has 3 aromatic heterocycles. The number of carbonyl (C=O) groups excluding carboxylic acids is 1. The van der Waals surface area contributed by atoms with Gasteiger partial charge in [0.1, 0.15) is 0 Å². The zero-order chi connectivity index (χ0) is 19.0. The number of urea groups is 1. The van der Waals surface area contributed by atoms with E-state index in [-0.39, 0.29) is 11.7 Å². The first kappa shape index (κ1) is 17.4. The fourth-order valence-electron chi connectivity index (χ4n) is 2.76. The minimum atomic E-state index is -0.356. The number of hydrogen-bond acceptors (Lipinski definition) is 6. The maximum absolute atomic E-state index is 12.1. The Labute approximate surface area is 162 Å². The van der Waals surface area contributed by atoms with Gasteiger partial charge < -0.3 is 5.32 Å². The van der Waals surface area contributed by atoms with Gasteiger partial charge in [-0.25, -0.2) is 9.59 Å². The predicted molar refractivity (Wildman–Crippen MR) is 107 cm³/mol. The molecule has 0 aliphatic carbocycles. The van der Waals surface area contributed by atoms with E-state index in [2.05, 4.69) is 20.8 Å². The lowest BCUT2D eigenvalue weighted by Gasteiger charge is -2.06. The number of aromatic nitrogens is 4. The average Bonchev–Trinajstić information content (AvgIpc) is 3.39. The standard InChI is InChI=1S/C17H16N6O2S2/c1-22-11-6-5-10(8-12(11)23(2)17(22)25)9-18-15(24)19-16-21-20-14(27-16)13-4-3-7-26-13/h3-8H,9H2,1-2H3,(H2,18,19,21,24). The van der Waals surface area contributed by atoms with Crippen molar-refractivity contribution in [3.63, 3.8) is 0 Å². The lowest BCUT2D eigenvalue weighted by atomic mass is 10.2. The van der Waals surface area contributed by atoms with E-state index < -0.39 is 0 Å². The lowest BCUT2D eigenvalue weighted by molar-refractivity contribution is 0.251. The van der Waals surface area contributed by atoms with Crippen molar-refractivity contribution >= 4 is 44.9 Å². The predicted octanol–water partition coefficient (Wildman–Crippen LogP) is 2.78. The number of nitrogens with zero attached hydrogens (tertiary/aromatic N) is 4. The molecule has 1 aromatic carbocycles. The van der Waals surface area contributed by atoms with Gasteiger partial charge in [-0.1, -0.05) is 23.5 Å². The molecular formula is C17H16N6O2S2. The summed E-state index contributed by atoms with van der Waals surface area (Å²) in [6, 6.07) is 9.22. The molecule has 3 heterocycles. The van der Waals surface area contributed by atoms with Gasteiger partial charge in [0.15, 0.2) is 5.01 Å². The highest BCUT2D eigenvalue weighted by Crippen LogP contribution is 2.29. The van der Waals surface area contributed by atoms with Crippen molar-refractivity contribution in [1.29, 1.82) is 0 Å². The van der Waals surface area contributed by atoms with Gasteiger partial charge in [-0.3, -0.25) is 14.5 Å². The van der Waals surface area contributed by atoms with E-state index in [1.165, 1.54) is 11.3 Å². The SMILES string of the molecule is Cn1c(=O)n(C)c2cc(CNC(=O)Nc3nnc(-c4cccs4)s3)ccc21. The van der Waals surface area contributed by atoms with Crippen LogP contribution in [0.25, 0.3) is 20.9 Å². The fraction of sp³-hybridized carbons (Fsp3) is 0.176. The third-order valence-electron chi connectivity index (χ3n) is 4.17. The third-order valence-corrected chi connectivity index (χ3v) is 6.04. The number of aryl methyl sites for hydroxylation is 2. The summed E-state index contributed by atoms with van der Waals surface area (Å²) in [5, 5.41) is 16.8. The fourth-order valence-corrected chi connectivity index (χ4v) is 4.29. The quantitative estimate of drug-likeness (QED) is 0.551. The van der Waals surface area contributed by atoms with Crippen LogP contribution in [0.3, 0.4) is 0 Å². The minimum Gasteiger partial charge on any atom is -0.334 e. The van der Waals surface area contributed by atoms with E-state index in [0.29, 0.717) is 11.7 Å². The van der Waals surface area contributed by atoms with E-state index >= 15 is 0 Å². The molecule has 27 heavy (non-hydrogen) atoms. The first-order valence-electron chi connectivity index (χ1n) is 8.09. The zero-order valence-electron chi connectivity index (χ0n) is 14.6. The van der Waals surface area contributed by atoms with Crippen LogP contribution in [0.5, 0.6) is 0 Å². The van der Waals surface area contributed by atoms with E-state index in [0.717, 1.165) is 26.5 Å². The van der Waals surface area contributed by atoms with Gasteiger partial charge in [0, 0.05) is 20.6 Å². The summed E-state index contributed by atoms with van der Waals surface area (Å²) in [6.07, 6.45) is 0. The van der Waals surface area contributed by atoms with Crippen LogP contribution in [0.1, 0.15) is 5.56 Å². The average molecular weight is 400 g/mol. The summed E-state index contributed by atoms with van der Waals surface area (Å²) in [5.41, 5.74) is 2.50. The van der Waals surface area contributed by atoms with Crippen LogP contribution in [0.4, 0.5) is 9.93 Å². The maximum Gasteiger partial charge on any atom is 0.328 e. The maximum atomic E-state index is 12.1. The molecule has 0 aliphatic rings. The van der Waals surface area contributed by atoms with Crippen molar-refractivity contribution < 1.29 is 4.79 Å². The Morgan fingerprint density at radius 2 is 1.96 bits per heavy atom. The summed E-state index contributed by atoms with van der Waals surface area (Å²) in [5.74, 6) is 0. The summed E-state index contributed by atoms with van der Waals surface area (Å²) < 4.78 is 3.19. The molecule has 0 aliphatic heterocycles. The molecule has 0 spiro atoms. The number of rotatable bonds is 4. The number of thiophene rings is 1. The van der Waals surface area contributed by atoms with Crippen LogP contribution in [0, 0.1) is 0 Å². The molecule has 8 nitrogen and oxygen atoms in total. The number of benzene rings is 1. The van der Waals surface area contributed by atoms with Gasteiger partial charge >= 0.3 is 11.7 Å². The highest BCUT2D eigenvalue weighted by molar-refractivity contribution is 7.23. The van der Waals surface area contributed by atoms with Gasteiger partial charge in [0.25, 0.3) is 0 Å². The van der Waals surface area contributed by atoms with Crippen molar-refractivity contribution in [2.24, 2.45) is 14.1 Å². The second kappa shape index (κ2) is 6.97. The summed E-state index contributed by atoms with van der Waals surface area (Å²) in [4.78, 5) is 25.1. The number of amides is 2. The van der Waals surface area contributed by atoms with Crippen molar-refractivity contribution in [1.82, 2.24) is 24.6 Å². The highest BCUT2D eigenvalue weighted by Gasteiger charge is 2.11. The molecule has 138 valence electrons. The van der Waals surface area contributed by atoms with Crippen LogP contribution < -0.4 is 16.3 Å². The van der Waals surface area contributed by atoms with Crippen molar-refractivity contribution in [3.05, 3.63) is 51.8 Å². The Morgan fingerprint density at radius 1 is 1.15 bits per heavy atom. The lowest BCUT2D eigenvalue weighted by Crippen LogP contribution is -2.28. The van der Waals surface area contributed by atoms with Crippen LogP contribution in [-0.2, 0) is 20.6 Å². The molecule has 4 aromatic rings. The third kappa shape index (κ3) is 3.36. The van der Waals surface area contributed by atoms with E-state index in [1.807, 2.05) is 35.7 Å². The van der Waals surface area contributed by atoms with Crippen molar-refractivity contribution in [2.45, 2.75) is 6.54 Å². The van der Waals surface area contributed by atoms with Gasteiger partial charge in [-0.15, -0.1) is 21.5 Å². The van der Waals surface area contributed by atoms with E-state index in [9.17, 15) is 9.59 Å². The molecule has 0 radical (unpaired) electrons. The number of nitrogens with one attached hydrogen (secondary N) is 2. The number of fused-ring (bicyclic) bond motifs is 1. The van der Waals surface area contributed by atoms with Gasteiger partial charge in [-0.2, -0.15) is 0 Å². The Kier molecular flexibility index (Phi) is 4.50. The topological polar surface area (TPSA) is 93.8 Å². The van der Waals surface area contributed by atoms with Gasteiger partial charge in [0.2, 0.25) is 5.13 Å². The van der Waals surface area contributed by atoms with E-state index in [1.54, 1.807) is 34.6 Å². The van der Waals surface area contributed by atoms with Crippen molar-refractivity contribution in [3.8, 4) is 9.88 Å². The molecule has 2 amide bonds. The number of imidazole rings is 1. The van der Waals surface area contributed by atoms with Crippen LogP contribution in [0.15, 0.2) is 40.5 Å². The smallest absolute Gasteiger partial charge is 0.328 e. The van der Waals surface area contributed by atoms with E-state index in [4.69, 9.17) is 0 Å². The molecule has 2 N–H and O–H groups in total. The normalized spacial score (nSPS) is 11.0. The molecule has 0 unspecified atom stereocenters. The van der Waals surface area contributed by atoms with Crippen LogP contribution >= 0.6 is 22.7 Å². The summed E-state index contributed by atoms with van der Waals surface area (Å²) in [7, 11) is 3.47. The second-order valence-electron chi connectivity index (χ2n) is 5.92. The Bertz CT molecular complexity index is 1170. The number of carbonyl (C=O) groups is 1. The van der Waals surface area contributed by atoms with Gasteiger partial charge in [0.05, 0.1) is 15.9 Å².